The van der Waals surface area contributed by atoms with Crippen molar-refractivity contribution in [3.05, 3.63) is 33.5 Å². The lowest BCUT2D eigenvalue weighted by Crippen LogP contribution is -2.14. The fourth-order valence-corrected chi connectivity index (χ4v) is 3.75. The van der Waals surface area contributed by atoms with Gasteiger partial charge in [-0.3, -0.25) is 9.89 Å². The molecule has 0 bridgehead atoms. The van der Waals surface area contributed by atoms with Crippen molar-refractivity contribution in [2.75, 3.05) is 5.32 Å². The second-order valence-electron chi connectivity index (χ2n) is 4.73. The van der Waals surface area contributed by atoms with Crippen LogP contribution in [0.3, 0.4) is 0 Å². The van der Waals surface area contributed by atoms with Gasteiger partial charge in [0.1, 0.15) is 5.00 Å². The zero-order valence-electron chi connectivity index (χ0n) is 10.8. The second-order valence-corrected chi connectivity index (χ2v) is 5.83. The number of carbonyl (C=O) groups excluding carboxylic acids is 1. The summed E-state index contributed by atoms with van der Waals surface area (Å²) in [6.07, 6.45) is 4.08. The van der Waals surface area contributed by atoms with E-state index in [0.717, 1.165) is 29.7 Å². The van der Waals surface area contributed by atoms with Crippen LogP contribution >= 0.6 is 11.3 Å². The molecule has 2 aromatic rings. The Morgan fingerprint density at radius 1 is 1.45 bits per heavy atom. The Hall–Kier alpha value is -2.15. The smallest absolute Gasteiger partial charge is 0.339 e. The summed E-state index contributed by atoms with van der Waals surface area (Å²) in [5, 5.41) is 19.0. The SMILES string of the molecule is Cc1[nH]ncc1C(=O)Nc1sc2c(c1C(=O)O)CCC2. The molecule has 2 heterocycles. The van der Waals surface area contributed by atoms with E-state index in [1.807, 2.05) is 0 Å². The van der Waals surface area contributed by atoms with Crippen molar-refractivity contribution in [3.8, 4) is 0 Å². The molecular weight excluding hydrogens is 278 g/mol. The number of anilines is 1. The van der Waals surface area contributed by atoms with E-state index in [2.05, 4.69) is 15.5 Å². The predicted octanol–water partition coefficient (Wildman–Crippen LogP) is 2.22. The van der Waals surface area contributed by atoms with Crippen LogP contribution in [-0.4, -0.2) is 27.2 Å². The molecule has 1 aliphatic rings. The number of fused-ring (bicyclic) bond motifs is 1. The highest BCUT2D eigenvalue weighted by Gasteiger charge is 2.27. The quantitative estimate of drug-likeness (QED) is 0.808. The summed E-state index contributed by atoms with van der Waals surface area (Å²) in [7, 11) is 0. The van der Waals surface area contributed by atoms with Crippen LogP contribution in [0.5, 0.6) is 0 Å². The molecule has 0 fully saturated rings. The lowest BCUT2D eigenvalue weighted by molar-refractivity contribution is 0.0697. The molecular formula is C13H13N3O3S. The summed E-state index contributed by atoms with van der Waals surface area (Å²) in [5.41, 5.74) is 2.21. The standard InChI is InChI=1S/C13H13N3O3S/c1-6-8(5-14-16-6)11(17)15-12-10(13(18)19)7-3-2-4-9(7)20-12/h5H,2-4H2,1H3,(H,14,16)(H,15,17)(H,18,19). The molecule has 7 heteroatoms. The van der Waals surface area contributed by atoms with Crippen LogP contribution in [0.15, 0.2) is 6.20 Å². The van der Waals surface area contributed by atoms with E-state index >= 15 is 0 Å². The molecule has 104 valence electrons. The van der Waals surface area contributed by atoms with E-state index in [-0.39, 0.29) is 11.5 Å². The van der Waals surface area contributed by atoms with Crippen LogP contribution in [-0.2, 0) is 12.8 Å². The lowest BCUT2D eigenvalue weighted by atomic mass is 10.1. The van der Waals surface area contributed by atoms with E-state index in [1.54, 1.807) is 6.92 Å². The number of amides is 1. The number of aryl methyl sites for hydroxylation is 2. The number of hydrogen-bond acceptors (Lipinski definition) is 4. The minimum Gasteiger partial charge on any atom is -0.478 e. The number of carbonyl (C=O) groups is 2. The first-order valence-electron chi connectivity index (χ1n) is 6.27. The highest BCUT2D eigenvalue weighted by Crippen LogP contribution is 2.39. The van der Waals surface area contributed by atoms with Crippen molar-refractivity contribution in [1.82, 2.24) is 10.2 Å². The summed E-state index contributed by atoms with van der Waals surface area (Å²) in [4.78, 5) is 24.6. The second kappa shape index (κ2) is 4.75. The number of hydrogen-bond donors (Lipinski definition) is 3. The van der Waals surface area contributed by atoms with Crippen LogP contribution in [0.4, 0.5) is 5.00 Å². The molecule has 6 nitrogen and oxygen atoms in total. The number of carboxylic acid groups (broad SMARTS) is 1. The maximum atomic E-state index is 12.1. The average Bonchev–Trinajstić information content (AvgIpc) is 3.03. The summed E-state index contributed by atoms with van der Waals surface area (Å²) < 4.78 is 0. The number of carboxylic acids is 1. The monoisotopic (exact) mass is 291 g/mol. The van der Waals surface area contributed by atoms with E-state index in [0.29, 0.717) is 16.3 Å². The Balaban J connectivity index is 1.94. The van der Waals surface area contributed by atoms with Gasteiger partial charge in [-0.15, -0.1) is 11.3 Å². The number of thiophene rings is 1. The number of nitrogens with zero attached hydrogens (tertiary/aromatic N) is 1. The Bertz CT molecular complexity index is 702. The average molecular weight is 291 g/mol. The Morgan fingerprint density at radius 2 is 2.25 bits per heavy atom. The molecule has 20 heavy (non-hydrogen) atoms. The predicted molar refractivity (Wildman–Crippen MR) is 74.6 cm³/mol. The first-order valence-corrected chi connectivity index (χ1v) is 7.08. The molecule has 0 unspecified atom stereocenters. The molecule has 2 aromatic heterocycles. The van der Waals surface area contributed by atoms with E-state index in [1.165, 1.54) is 17.5 Å². The minimum atomic E-state index is -0.983. The fourth-order valence-electron chi connectivity index (χ4n) is 2.47. The lowest BCUT2D eigenvalue weighted by Gasteiger charge is -2.04. The van der Waals surface area contributed by atoms with Crippen molar-refractivity contribution in [1.29, 1.82) is 0 Å². The van der Waals surface area contributed by atoms with E-state index < -0.39 is 5.97 Å². The van der Waals surface area contributed by atoms with Gasteiger partial charge in [-0.2, -0.15) is 5.10 Å². The Kier molecular flexibility index (Phi) is 3.06. The van der Waals surface area contributed by atoms with Gasteiger partial charge in [0.15, 0.2) is 0 Å². The van der Waals surface area contributed by atoms with E-state index in [9.17, 15) is 14.7 Å². The molecule has 0 spiro atoms. The first-order chi connectivity index (χ1) is 9.58. The third-order valence-corrected chi connectivity index (χ3v) is 4.64. The van der Waals surface area contributed by atoms with Crippen molar-refractivity contribution in [2.45, 2.75) is 26.2 Å². The van der Waals surface area contributed by atoms with Crippen molar-refractivity contribution in [3.63, 3.8) is 0 Å². The van der Waals surface area contributed by atoms with Crippen LogP contribution in [0.1, 0.15) is 43.3 Å². The largest absolute Gasteiger partial charge is 0.478 e. The summed E-state index contributed by atoms with van der Waals surface area (Å²) >= 11 is 1.37. The third-order valence-electron chi connectivity index (χ3n) is 3.44. The van der Waals surface area contributed by atoms with E-state index in [4.69, 9.17) is 0 Å². The third kappa shape index (κ3) is 2.00. The van der Waals surface area contributed by atoms with Gasteiger partial charge in [0.25, 0.3) is 5.91 Å². The molecule has 0 aromatic carbocycles. The zero-order chi connectivity index (χ0) is 14.3. The summed E-state index contributed by atoms with van der Waals surface area (Å²) in [6, 6.07) is 0. The molecule has 1 amide bonds. The molecule has 0 aliphatic heterocycles. The minimum absolute atomic E-state index is 0.247. The Morgan fingerprint density at radius 3 is 2.90 bits per heavy atom. The maximum absolute atomic E-state index is 12.1. The highest BCUT2D eigenvalue weighted by molar-refractivity contribution is 7.17. The van der Waals surface area contributed by atoms with Crippen molar-refractivity contribution in [2.24, 2.45) is 0 Å². The van der Waals surface area contributed by atoms with Gasteiger partial charge in [-0.25, -0.2) is 4.79 Å². The molecule has 0 saturated heterocycles. The van der Waals surface area contributed by atoms with Crippen molar-refractivity contribution < 1.29 is 14.7 Å². The maximum Gasteiger partial charge on any atom is 0.339 e. The van der Waals surface area contributed by atoms with Gasteiger partial charge in [-0.1, -0.05) is 0 Å². The van der Waals surface area contributed by atoms with Gasteiger partial charge < -0.3 is 10.4 Å². The molecule has 0 radical (unpaired) electrons. The Labute approximate surface area is 118 Å². The number of aromatic carboxylic acids is 1. The van der Waals surface area contributed by atoms with Gasteiger partial charge in [-0.05, 0) is 31.7 Å². The summed E-state index contributed by atoms with van der Waals surface area (Å²) in [6.45, 7) is 1.74. The van der Waals surface area contributed by atoms with Gasteiger partial charge in [0, 0.05) is 10.6 Å². The molecule has 3 N–H and O–H groups in total. The normalized spacial score (nSPS) is 13.2. The zero-order valence-corrected chi connectivity index (χ0v) is 11.6. The molecule has 1 aliphatic carbocycles. The number of aromatic nitrogens is 2. The molecule has 0 atom stereocenters. The van der Waals surface area contributed by atoms with Crippen LogP contribution < -0.4 is 5.32 Å². The molecule has 0 saturated carbocycles. The van der Waals surface area contributed by atoms with Crippen LogP contribution in [0.25, 0.3) is 0 Å². The van der Waals surface area contributed by atoms with Crippen LogP contribution in [0.2, 0.25) is 0 Å². The van der Waals surface area contributed by atoms with Gasteiger partial charge >= 0.3 is 5.97 Å². The number of aromatic amines is 1. The van der Waals surface area contributed by atoms with Crippen LogP contribution in [0, 0.1) is 6.92 Å². The first kappa shape index (κ1) is 12.9. The van der Waals surface area contributed by atoms with Gasteiger partial charge in [0.2, 0.25) is 0 Å². The highest BCUT2D eigenvalue weighted by atomic mass is 32.1. The molecule has 3 rings (SSSR count). The van der Waals surface area contributed by atoms with Gasteiger partial charge in [0.05, 0.1) is 17.3 Å². The number of H-pyrrole nitrogens is 1. The number of nitrogens with one attached hydrogen (secondary N) is 2. The van der Waals surface area contributed by atoms with Crippen molar-refractivity contribution >= 4 is 28.2 Å². The number of rotatable bonds is 3. The fraction of sp³-hybridized carbons (Fsp3) is 0.308. The topological polar surface area (TPSA) is 95.1 Å². The summed E-state index contributed by atoms with van der Waals surface area (Å²) in [5.74, 6) is -1.32.